The van der Waals surface area contributed by atoms with E-state index in [2.05, 4.69) is 20.6 Å². The normalized spacial score (nSPS) is 18.2. The minimum absolute atomic E-state index is 0.0267. The Hall–Kier alpha value is -3.00. The van der Waals surface area contributed by atoms with Crippen LogP contribution in [-0.2, 0) is 6.61 Å². The SMILES string of the molecule is CC.O=C(NC1CC(c2nc(CO)no2)C1)c1cc(-c2ccccc2)on1. The Kier molecular flexibility index (Phi) is 5.97. The highest BCUT2D eigenvalue weighted by Gasteiger charge is 2.35. The van der Waals surface area contributed by atoms with Crippen molar-refractivity contribution < 1.29 is 18.9 Å². The molecule has 1 saturated carbocycles. The number of carbonyl (C=O) groups is 1. The smallest absolute Gasteiger partial charge is 0.273 e. The van der Waals surface area contributed by atoms with Gasteiger partial charge in [-0.15, -0.1) is 0 Å². The fourth-order valence-electron chi connectivity index (χ4n) is 2.81. The number of aliphatic hydroxyl groups is 1. The van der Waals surface area contributed by atoms with Crippen LogP contribution < -0.4 is 5.32 Å². The minimum Gasteiger partial charge on any atom is -0.388 e. The van der Waals surface area contributed by atoms with E-state index in [-0.39, 0.29) is 36.0 Å². The molecule has 142 valence electrons. The number of rotatable bonds is 5. The summed E-state index contributed by atoms with van der Waals surface area (Å²) in [6.45, 7) is 3.76. The second kappa shape index (κ2) is 8.59. The Bertz CT molecular complexity index is 869. The van der Waals surface area contributed by atoms with Crippen LogP contribution in [-0.4, -0.2) is 32.4 Å². The van der Waals surface area contributed by atoms with E-state index >= 15 is 0 Å². The first kappa shape index (κ1) is 18.8. The fraction of sp³-hybridized carbons (Fsp3) is 0.368. The summed E-state index contributed by atoms with van der Waals surface area (Å²) >= 11 is 0. The predicted octanol–water partition coefficient (Wildman–Crippen LogP) is 2.92. The summed E-state index contributed by atoms with van der Waals surface area (Å²) in [5.74, 6) is 1.17. The van der Waals surface area contributed by atoms with Gasteiger partial charge in [0.1, 0.15) is 6.61 Å². The van der Waals surface area contributed by atoms with Gasteiger partial charge in [-0.25, -0.2) is 0 Å². The molecule has 4 rings (SSSR count). The predicted molar refractivity (Wildman–Crippen MR) is 96.7 cm³/mol. The number of aliphatic hydroxyl groups excluding tert-OH is 1. The van der Waals surface area contributed by atoms with Gasteiger partial charge in [0.15, 0.2) is 17.3 Å². The molecular formula is C19H22N4O4. The zero-order valence-corrected chi connectivity index (χ0v) is 15.3. The van der Waals surface area contributed by atoms with Crippen molar-refractivity contribution in [3.8, 4) is 11.3 Å². The second-order valence-electron chi connectivity index (χ2n) is 5.99. The van der Waals surface area contributed by atoms with E-state index in [1.807, 2.05) is 44.2 Å². The van der Waals surface area contributed by atoms with Crippen molar-refractivity contribution >= 4 is 5.91 Å². The average molecular weight is 370 g/mol. The van der Waals surface area contributed by atoms with E-state index in [4.69, 9.17) is 14.2 Å². The standard InChI is InChI=1S/C17H16N4O4.C2H6/c22-9-15-19-17(25-21-15)11-6-12(7-11)18-16(23)13-8-14(24-20-13)10-4-2-1-3-5-10;1-2/h1-5,8,11-12,22H,6-7,9H2,(H,18,23);1-2H3. The van der Waals surface area contributed by atoms with Crippen molar-refractivity contribution in [3.05, 3.63) is 53.8 Å². The topological polar surface area (TPSA) is 114 Å². The quantitative estimate of drug-likeness (QED) is 0.709. The molecule has 0 atom stereocenters. The van der Waals surface area contributed by atoms with Gasteiger partial charge in [-0.1, -0.05) is 54.5 Å². The van der Waals surface area contributed by atoms with Crippen molar-refractivity contribution in [2.45, 2.75) is 45.3 Å². The van der Waals surface area contributed by atoms with E-state index in [1.165, 1.54) is 0 Å². The van der Waals surface area contributed by atoms with Crippen LogP contribution in [0, 0.1) is 0 Å². The van der Waals surface area contributed by atoms with Crippen LogP contribution in [0.1, 0.15) is 54.8 Å². The number of aromatic nitrogens is 3. The first-order valence-corrected chi connectivity index (χ1v) is 8.99. The molecule has 0 saturated heterocycles. The molecule has 1 amide bonds. The van der Waals surface area contributed by atoms with E-state index in [0.717, 1.165) is 5.56 Å². The highest BCUT2D eigenvalue weighted by Crippen LogP contribution is 2.36. The summed E-state index contributed by atoms with van der Waals surface area (Å²) in [5, 5.41) is 19.4. The van der Waals surface area contributed by atoms with Crippen LogP contribution >= 0.6 is 0 Å². The van der Waals surface area contributed by atoms with Gasteiger partial charge in [-0.2, -0.15) is 4.98 Å². The van der Waals surface area contributed by atoms with Gasteiger partial charge in [0.05, 0.1) is 0 Å². The molecule has 8 nitrogen and oxygen atoms in total. The van der Waals surface area contributed by atoms with Gasteiger partial charge in [0.25, 0.3) is 5.91 Å². The van der Waals surface area contributed by atoms with Gasteiger partial charge in [0, 0.05) is 23.6 Å². The number of nitrogens with zero attached hydrogens (tertiary/aromatic N) is 3. The van der Waals surface area contributed by atoms with Crippen LogP contribution in [0.5, 0.6) is 0 Å². The molecule has 2 aromatic heterocycles. The van der Waals surface area contributed by atoms with E-state index in [9.17, 15) is 4.79 Å². The zero-order chi connectivity index (χ0) is 19.2. The number of benzene rings is 1. The molecule has 1 aromatic carbocycles. The second-order valence-corrected chi connectivity index (χ2v) is 5.99. The average Bonchev–Trinajstić information content (AvgIpc) is 3.36. The van der Waals surface area contributed by atoms with E-state index in [0.29, 0.717) is 24.5 Å². The Morgan fingerprint density at radius 2 is 1.93 bits per heavy atom. The summed E-state index contributed by atoms with van der Waals surface area (Å²) in [4.78, 5) is 16.4. The molecule has 1 aliphatic rings. The summed E-state index contributed by atoms with van der Waals surface area (Å²) < 4.78 is 10.3. The van der Waals surface area contributed by atoms with Gasteiger partial charge in [-0.05, 0) is 12.8 Å². The van der Waals surface area contributed by atoms with Gasteiger partial charge in [0.2, 0.25) is 5.89 Å². The fourth-order valence-corrected chi connectivity index (χ4v) is 2.81. The molecular weight excluding hydrogens is 348 g/mol. The lowest BCUT2D eigenvalue weighted by molar-refractivity contribution is 0.0892. The molecule has 2 N–H and O–H groups in total. The molecule has 0 bridgehead atoms. The first-order valence-electron chi connectivity index (χ1n) is 8.99. The molecule has 0 spiro atoms. The molecule has 0 radical (unpaired) electrons. The van der Waals surface area contributed by atoms with Gasteiger partial charge < -0.3 is 19.5 Å². The van der Waals surface area contributed by atoms with Crippen molar-refractivity contribution in [1.29, 1.82) is 0 Å². The molecule has 8 heteroatoms. The maximum absolute atomic E-state index is 12.3. The maximum Gasteiger partial charge on any atom is 0.273 e. The van der Waals surface area contributed by atoms with Crippen molar-refractivity contribution in [2.24, 2.45) is 0 Å². The summed E-state index contributed by atoms with van der Waals surface area (Å²) in [7, 11) is 0. The first-order chi connectivity index (χ1) is 13.2. The van der Waals surface area contributed by atoms with Crippen LogP contribution in [0.3, 0.4) is 0 Å². The van der Waals surface area contributed by atoms with E-state index in [1.54, 1.807) is 6.07 Å². The van der Waals surface area contributed by atoms with Gasteiger partial charge >= 0.3 is 0 Å². The van der Waals surface area contributed by atoms with Crippen LogP contribution in [0.4, 0.5) is 0 Å². The van der Waals surface area contributed by atoms with Crippen LogP contribution in [0.2, 0.25) is 0 Å². The highest BCUT2D eigenvalue weighted by atomic mass is 16.5. The summed E-state index contributed by atoms with van der Waals surface area (Å²) in [6.07, 6.45) is 1.42. The molecule has 27 heavy (non-hydrogen) atoms. The van der Waals surface area contributed by atoms with Gasteiger partial charge in [-0.3, -0.25) is 4.79 Å². The van der Waals surface area contributed by atoms with Crippen molar-refractivity contribution in [2.75, 3.05) is 0 Å². The lowest BCUT2D eigenvalue weighted by Gasteiger charge is -2.32. The van der Waals surface area contributed by atoms with Crippen LogP contribution in [0.25, 0.3) is 11.3 Å². The minimum atomic E-state index is -0.268. The molecule has 0 unspecified atom stereocenters. The molecule has 1 fully saturated rings. The Morgan fingerprint density at radius 3 is 2.59 bits per heavy atom. The molecule has 0 aliphatic heterocycles. The largest absolute Gasteiger partial charge is 0.388 e. The third-order valence-electron chi connectivity index (χ3n) is 4.25. The summed E-state index contributed by atoms with van der Waals surface area (Å²) in [5.41, 5.74) is 1.12. The summed E-state index contributed by atoms with van der Waals surface area (Å²) in [6, 6.07) is 11.1. The number of hydrogen-bond acceptors (Lipinski definition) is 7. The lowest BCUT2D eigenvalue weighted by atomic mass is 9.80. The molecule has 2 heterocycles. The number of carbonyl (C=O) groups excluding carboxylic acids is 1. The van der Waals surface area contributed by atoms with Crippen LogP contribution in [0.15, 0.2) is 45.4 Å². The monoisotopic (exact) mass is 370 g/mol. The molecule has 1 aliphatic carbocycles. The maximum atomic E-state index is 12.3. The van der Waals surface area contributed by atoms with Crippen molar-refractivity contribution in [3.63, 3.8) is 0 Å². The Balaban J connectivity index is 0.00000102. The third kappa shape index (κ3) is 4.22. The van der Waals surface area contributed by atoms with E-state index < -0.39 is 0 Å². The Labute approximate surface area is 156 Å². The lowest BCUT2D eigenvalue weighted by Crippen LogP contribution is -2.43. The molecule has 3 aromatic rings. The third-order valence-corrected chi connectivity index (χ3v) is 4.25. The zero-order valence-electron chi connectivity index (χ0n) is 15.3. The Morgan fingerprint density at radius 1 is 1.19 bits per heavy atom. The van der Waals surface area contributed by atoms with Crippen molar-refractivity contribution in [1.82, 2.24) is 20.6 Å². The number of amides is 1. The number of nitrogens with one attached hydrogen (secondary N) is 1. The number of hydrogen-bond donors (Lipinski definition) is 2. The highest BCUT2D eigenvalue weighted by molar-refractivity contribution is 5.93.